The molecular weight excluding hydrogens is 202 g/mol. The van der Waals surface area contributed by atoms with E-state index in [1.165, 1.54) is 4.31 Å². The van der Waals surface area contributed by atoms with Gasteiger partial charge in [0.15, 0.2) is 0 Å². The molecule has 0 radical (unpaired) electrons. The van der Waals surface area contributed by atoms with Crippen molar-refractivity contribution in [2.24, 2.45) is 5.92 Å². The predicted octanol–water partition coefficient (Wildman–Crippen LogP) is -0.912. The van der Waals surface area contributed by atoms with Gasteiger partial charge in [-0.3, -0.25) is 0 Å². The second-order valence-electron chi connectivity index (χ2n) is 4.05. The van der Waals surface area contributed by atoms with Crippen LogP contribution in [-0.2, 0) is 10.2 Å². The third-order valence-corrected chi connectivity index (χ3v) is 4.96. The Hall–Kier alpha value is -0.170. The zero-order valence-corrected chi connectivity index (χ0v) is 9.26. The molecule has 2 rings (SSSR count). The number of nitrogens with one attached hydrogen (secondary N) is 1. The molecule has 0 aliphatic carbocycles. The molecule has 2 aliphatic heterocycles. The van der Waals surface area contributed by atoms with Crippen molar-refractivity contribution in [2.45, 2.75) is 6.42 Å². The minimum Gasteiger partial charge on any atom is -0.316 e. The lowest BCUT2D eigenvalue weighted by Crippen LogP contribution is -2.35. The molecule has 82 valence electrons. The summed E-state index contributed by atoms with van der Waals surface area (Å²) in [6, 6.07) is 0. The Bertz CT molecular complexity index is 298. The SMILES string of the molecule is CN1CCN(CC2CCNC2)S1(=O)=O. The molecule has 2 saturated heterocycles. The fraction of sp³-hybridized carbons (Fsp3) is 1.00. The van der Waals surface area contributed by atoms with Crippen LogP contribution in [0.1, 0.15) is 6.42 Å². The van der Waals surface area contributed by atoms with Crippen LogP contribution in [0.2, 0.25) is 0 Å². The first-order chi connectivity index (χ1) is 6.60. The minimum atomic E-state index is -3.11. The van der Waals surface area contributed by atoms with Crippen molar-refractivity contribution >= 4 is 10.2 Å². The van der Waals surface area contributed by atoms with E-state index in [-0.39, 0.29) is 0 Å². The lowest BCUT2D eigenvalue weighted by atomic mass is 10.1. The van der Waals surface area contributed by atoms with Crippen molar-refractivity contribution < 1.29 is 8.42 Å². The standard InChI is InChI=1S/C8H17N3O2S/c1-10-4-5-11(14(10,12)13)7-8-2-3-9-6-8/h8-9H,2-7H2,1H3. The average molecular weight is 219 g/mol. The topological polar surface area (TPSA) is 52.6 Å². The van der Waals surface area contributed by atoms with Gasteiger partial charge in [0.2, 0.25) is 0 Å². The van der Waals surface area contributed by atoms with Crippen LogP contribution in [0.4, 0.5) is 0 Å². The van der Waals surface area contributed by atoms with E-state index in [0.717, 1.165) is 19.5 Å². The second-order valence-corrected chi connectivity index (χ2v) is 6.08. The largest absolute Gasteiger partial charge is 0.316 e. The summed E-state index contributed by atoms with van der Waals surface area (Å²) in [7, 11) is -1.47. The summed E-state index contributed by atoms with van der Waals surface area (Å²) in [4.78, 5) is 0. The third-order valence-electron chi connectivity index (χ3n) is 3.01. The summed E-state index contributed by atoms with van der Waals surface area (Å²) in [6.45, 7) is 3.93. The van der Waals surface area contributed by atoms with Crippen molar-refractivity contribution in [2.75, 3.05) is 39.8 Å². The average Bonchev–Trinajstić information content (AvgIpc) is 2.70. The lowest BCUT2D eigenvalue weighted by Gasteiger charge is -2.18. The van der Waals surface area contributed by atoms with Crippen molar-refractivity contribution in [1.29, 1.82) is 0 Å². The van der Waals surface area contributed by atoms with Gasteiger partial charge >= 0.3 is 0 Å². The van der Waals surface area contributed by atoms with Gasteiger partial charge in [-0.1, -0.05) is 0 Å². The molecule has 5 nitrogen and oxygen atoms in total. The molecule has 2 fully saturated rings. The highest BCUT2D eigenvalue weighted by Crippen LogP contribution is 2.18. The lowest BCUT2D eigenvalue weighted by molar-refractivity contribution is 0.381. The van der Waals surface area contributed by atoms with E-state index in [2.05, 4.69) is 5.32 Å². The van der Waals surface area contributed by atoms with E-state index in [1.54, 1.807) is 11.4 Å². The van der Waals surface area contributed by atoms with E-state index in [4.69, 9.17) is 0 Å². The minimum absolute atomic E-state index is 0.497. The maximum atomic E-state index is 11.7. The van der Waals surface area contributed by atoms with E-state index in [1.807, 2.05) is 0 Å². The Balaban J connectivity index is 1.98. The number of likely N-dealkylation sites (N-methyl/N-ethyl adjacent to an activating group) is 1. The summed E-state index contributed by atoms with van der Waals surface area (Å²) in [5, 5.41) is 3.25. The summed E-state index contributed by atoms with van der Waals surface area (Å²) >= 11 is 0. The smallest absolute Gasteiger partial charge is 0.281 e. The van der Waals surface area contributed by atoms with Gasteiger partial charge in [-0.05, 0) is 25.4 Å². The maximum absolute atomic E-state index is 11.7. The first kappa shape index (κ1) is 10.4. The quantitative estimate of drug-likeness (QED) is 0.654. The molecule has 2 aliphatic rings. The molecule has 1 atom stereocenters. The fourth-order valence-electron chi connectivity index (χ4n) is 2.02. The van der Waals surface area contributed by atoms with Crippen LogP contribution in [-0.4, -0.2) is 56.8 Å². The molecule has 0 spiro atoms. The van der Waals surface area contributed by atoms with Gasteiger partial charge in [0.1, 0.15) is 0 Å². The molecule has 1 unspecified atom stereocenters. The molecule has 6 heteroatoms. The maximum Gasteiger partial charge on any atom is 0.281 e. The highest BCUT2D eigenvalue weighted by molar-refractivity contribution is 7.87. The van der Waals surface area contributed by atoms with Crippen molar-refractivity contribution in [1.82, 2.24) is 13.9 Å². The van der Waals surface area contributed by atoms with E-state index < -0.39 is 10.2 Å². The molecule has 0 aromatic heterocycles. The Morgan fingerprint density at radius 3 is 2.71 bits per heavy atom. The second kappa shape index (κ2) is 3.77. The molecule has 14 heavy (non-hydrogen) atoms. The van der Waals surface area contributed by atoms with Gasteiger partial charge in [0.05, 0.1) is 0 Å². The highest BCUT2D eigenvalue weighted by Gasteiger charge is 2.35. The Morgan fingerprint density at radius 1 is 1.43 bits per heavy atom. The molecule has 0 aromatic rings. The number of hydrogen-bond acceptors (Lipinski definition) is 3. The Morgan fingerprint density at radius 2 is 2.21 bits per heavy atom. The van der Waals surface area contributed by atoms with Gasteiger partial charge in [-0.15, -0.1) is 0 Å². The molecule has 0 amide bonds. The van der Waals surface area contributed by atoms with Crippen molar-refractivity contribution in [3.05, 3.63) is 0 Å². The molecule has 2 heterocycles. The van der Waals surface area contributed by atoms with Gasteiger partial charge in [0.25, 0.3) is 10.2 Å². The summed E-state index contributed by atoms with van der Waals surface area (Å²) in [6.07, 6.45) is 1.09. The summed E-state index contributed by atoms with van der Waals surface area (Å²) < 4.78 is 26.5. The molecule has 0 saturated carbocycles. The van der Waals surface area contributed by atoms with Crippen molar-refractivity contribution in [3.63, 3.8) is 0 Å². The zero-order valence-electron chi connectivity index (χ0n) is 8.44. The van der Waals surface area contributed by atoms with E-state index >= 15 is 0 Å². The predicted molar refractivity (Wildman–Crippen MR) is 54.1 cm³/mol. The van der Waals surface area contributed by atoms with E-state index in [9.17, 15) is 8.42 Å². The zero-order chi connectivity index (χ0) is 10.2. The third kappa shape index (κ3) is 1.79. The molecule has 0 aromatic carbocycles. The van der Waals surface area contributed by atoms with Gasteiger partial charge < -0.3 is 5.32 Å². The van der Waals surface area contributed by atoms with Crippen LogP contribution >= 0.6 is 0 Å². The van der Waals surface area contributed by atoms with Crippen LogP contribution in [0, 0.1) is 5.92 Å². The number of hydrogen-bond donors (Lipinski definition) is 1. The molecule has 1 N–H and O–H groups in total. The van der Waals surface area contributed by atoms with Crippen LogP contribution in [0.25, 0.3) is 0 Å². The van der Waals surface area contributed by atoms with Crippen LogP contribution < -0.4 is 5.32 Å². The van der Waals surface area contributed by atoms with Crippen LogP contribution in [0.3, 0.4) is 0 Å². The first-order valence-corrected chi connectivity index (χ1v) is 6.42. The van der Waals surface area contributed by atoms with Crippen LogP contribution in [0.15, 0.2) is 0 Å². The first-order valence-electron chi connectivity index (χ1n) is 5.03. The van der Waals surface area contributed by atoms with Gasteiger partial charge in [0, 0.05) is 26.7 Å². The number of nitrogens with zero attached hydrogens (tertiary/aromatic N) is 2. The monoisotopic (exact) mass is 219 g/mol. The Kier molecular flexibility index (Phi) is 2.79. The Labute approximate surface area is 85.2 Å². The van der Waals surface area contributed by atoms with Crippen LogP contribution in [0.5, 0.6) is 0 Å². The highest BCUT2D eigenvalue weighted by atomic mass is 32.2. The van der Waals surface area contributed by atoms with E-state index in [0.29, 0.717) is 25.6 Å². The fourth-order valence-corrected chi connectivity index (χ4v) is 3.44. The van der Waals surface area contributed by atoms with Gasteiger partial charge in [-0.25, -0.2) is 0 Å². The summed E-state index contributed by atoms with van der Waals surface area (Å²) in [5.74, 6) is 0.497. The summed E-state index contributed by atoms with van der Waals surface area (Å²) in [5.41, 5.74) is 0. The van der Waals surface area contributed by atoms with Crippen molar-refractivity contribution in [3.8, 4) is 0 Å². The molecular formula is C8H17N3O2S. The van der Waals surface area contributed by atoms with Gasteiger partial charge in [-0.2, -0.15) is 17.0 Å². The number of rotatable bonds is 2. The molecule has 0 bridgehead atoms. The normalized spacial score (nSPS) is 33.9.